The van der Waals surface area contributed by atoms with Crippen LogP contribution in [0.3, 0.4) is 0 Å². The standard InChI is InChI=1S/C22H23N5O3/c23-21(28)22(10-8-17-4-2-11-24-15-17,19-6-1-7-20(14-19)27(29)30)26-13-9-18-5-3-12-25-16-18/h1-7,11-12,14-16,26H,8-10,13H2,(H2,23,28). The number of rotatable bonds is 10. The first kappa shape index (κ1) is 21.1. The van der Waals surface area contributed by atoms with Crippen molar-refractivity contribution in [2.24, 2.45) is 5.73 Å². The van der Waals surface area contributed by atoms with E-state index >= 15 is 0 Å². The highest BCUT2D eigenvalue weighted by Crippen LogP contribution is 2.29. The molecule has 0 saturated heterocycles. The van der Waals surface area contributed by atoms with Gasteiger partial charge in [-0.25, -0.2) is 0 Å². The van der Waals surface area contributed by atoms with Crippen molar-refractivity contribution in [3.63, 3.8) is 0 Å². The van der Waals surface area contributed by atoms with Crippen LogP contribution in [0, 0.1) is 10.1 Å². The molecule has 0 aliphatic heterocycles. The second-order valence-corrected chi connectivity index (χ2v) is 6.98. The number of hydrogen-bond donors (Lipinski definition) is 2. The molecule has 1 amide bonds. The maximum atomic E-state index is 12.7. The average molecular weight is 405 g/mol. The van der Waals surface area contributed by atoms with Gasteiger partial charge in [-0.2, -0.15) is 0 Å². The molecule has 0 aliphatic carbocycles. The summed E-state index contributed by atoms with van der Waals surface area (Å²) in [5.74, 6) is -0.585. The van der Waals surface area contributed by atoms with Crippen LogP contribution in [0.4, 0.5) is 5.69 Å². The lowest BCUT2D eigenvalue weighted by Crippen LogP contribution is -2.53. The number of benzene rings is 1. The predicted octanol–water partition coefficient (Wildman–Crippen LogP) is 2.53. The summed E-state index contributed by atoms with van der Waals surface area (Å²) in [6.45, 7) is 0.449. The van der Waals surface area contributed by atoms with Crippen molar-refractivity contribution in [3.8, 4) is 0 Å². The minimum Gasteiger partial charge on any atom is -0.368 e. The minimum absolute atomic E-state index is 0.0893. The molecular weight excluding hydrogens is 382 g/mol. The maximum Gasteiger partial charge on any atom is 0.269 e. The number of carbonyl (C=O) groups is 1. The van der Waals surface area contributed by atoms with Gasteiger partial charge in [-0.15, -0.1) is 0 Å². The van der Waals surface area contributed by atoms with E-state index in [-0.39, 0.29) is 5.69 Å². The van der Waals surface area contributed by atoms with Gasteiger partial charge >= 0.3 is 0 Å². The second kappa shape index (κ2) is 9.71. The highest BCUT2D eigenvalue weighted by Gasteiger charge is 2.38. The van der Waals surface area contributed by atoms with Crippen LogP contribution in [0.5, 0.6) is 0 Å². The van der Waals surface area contributed by atoms with Gasteiger partial charge in [-0.1, -0.05) is 24.3 Å². The van der Waals surface area contributed by atoms with Crippen molar-refractivity contribution >= 4 is 11.6 Å². The van der Waals surface area contributed by atoms with Gasteiger partial charge < -0.3 is 5.73 Å². The summed E-state index contributed by atoms with van der Waals surface area (Å²) in [5, 5.41) is 14.6. The zero-order valence-electron chi connectivity index (χ0n) is 16.4. The van der Waals surface area contributed by atoms with E-state index in [1.54, 1.807) is 36.9 Å². The lowest BCUT2D eigenvalue weighted by Gasteiger charge is -2.32. The zero-order chi connectivity index (χ0) is 21.4. The Bertz CT molecular complexity index is 998. The van der Waals surface area contributed by atoms with Crippen LogP contribution >= 0.6 is 0 Å². The van der Waals surface area contributed by atoms with Crippen LogP contribution < -0.4 is 11.1 Å². The van der Waals surface area contributed by atoms with E-state index in [0.29, 0.717) is 31.4 Å². The van der Waals surface area contributed by atoms with Crippen LogP contribution in [0.2, 0.25) is 0 Å². The SMILES string of the molecule is NC(=O)C(CCc1cccnc1)(NCCc1cccnc1)c1cccc([N+](=O)[O-])c1. The first-order chi connectivity index (χ1) is 14.5. The molecule has 3 aromatic rings. The van der Waals surface area contributed by atoms with Crippen molar-refractivity contribution in [2.75, 3.05) is 6.54 Å². The van der Waals surface area contributed by atoms with Crippen molar-refractivity contribution in [1.82, 2.24) is 15.3 Å². The molecule has 0 fully saturated rings. The molecule has 0 bridgehead atoms. The summed E-state index contributed by atoms with van der Waals surface area (Å²) >= 11 is 0. The van der Waals surface area contributed by atoms with Gasteiger partial charge in [0.05, 0.1) is 4.92 Å². The van der Waals surface area contributed by atoms with E-state index in [2.05, 4.69) is 15.3 Å². The first-order valence-electron chi connectivity index (χ1n) is 9.59. The molecule has 8 nitrogen and oxygen atoms in total. The molecule has 0 saturated carbocycles. The number of pyridine rings is 2. The predicted molar refractivity (Wildman–Crippen MR) is 112 cm³/mol. The normalized spacial score (nSPS) is 12.8. The van der Waals surface area contributed by atoms with E-state index in [0.717, 1.165) is 11.1 Å². The lowest BCUT2D eigenvalue weighted by atomic mass is 9.83. The van der Waals surface area contributed by atoms with Gasteiger partial charge in [-0.3, -0.25) is 30.2 Å². The zero-order valence-corrected chi connectivity index (χ0v) is 16.4. The molecule has 1 atom stereocenters. The fourth-order valence-electron chi connectivity index (χ4n) is 3.42. The molecule has 30 heavy (non-hydrogen) atoms. The van der Waals surface area contributed by atoms with Gasteiger partial charge in [0, 0.05) is 43.5 Å². The van der Waals surface area contributed by atoms with E-state index in [9.17, 15) is 14.9 Å². The number of carbonyl (C=O) groups excluding carboxylic acids is 1. The number of nitro benzene ring substituents is 1. The highest BCUT2D eigenvalue weighted by molar-refractivity contribution is 5.86. The quantitative estimate of drug-likeness (QED) is 0.394. The fourth-order valence-corrected chi connectivity index (χ4v) is 3.42. The molecule has 2 heterocycles. The van der Waals surface area contributed by atoms with E-state index in [1.807, 2.05) is 24.3 Å². The van der Waals surface area contributed by atoms with Crippen molar-refractivity contribution in [3.05, 3.63) is 100 Å². The van der Waals surface area contributed by atoms with Gasteiger partial charge in [0.25, 0.3) is 5.69 Å². The molecule has 0 aliphatic rings. The number of aromatic nitrogens is 2. The number of nitrogens with one attached hydrogen (secondary N) is 1. The van der Waals surface area contributed by atoms with Crippen LogP contribution in [0.15, 0.2) is 73.3 Å². The molecule has 3 rings (SSSR count). The largest absolute Gasteiger partial charge is 0.368 e. The third-order valence-electron chi connectivity index (χ3n) is 5.05. The number of hydrogen-bond acceptors (Lipinski definition) is 6. The molecule has 3 N–H and O–H groups in total. The lowest BCUT2D eigenvalue weighted by molar-refractivity contribution is -0.385. The molecule has 0 spiro atoms. The van der Waals surface area contributed by atoms with Gasteiger partial charge in [-0.05, 0) is 48.1 Å². The van der Waals surface area contributed by atoms with Crippen LogP contribution in [0.1, 0.15) is 23.1 Å². The van der Waals surface area contributed by atoms with Gasteiger partial charge in [0.1, 0.15) is 5.54 Å². The molecular formula is C22H23N5O3. The minimum atomic E-state index is -1.26. The van der Waals surface area contributed by atoms with Crippen molar-refractivity contribution in [1.29, 1.82) is 0 Å². The molecule has 1 aromatic carbocycles. The van der Waals surface area contributed by atoms with Crippen molar-refractivity contribution in [2.45, 2.75) is 24.8 Å². The van der Waals surface area contributed by atoms with E-state index in [4.69, 9.17) is 5.73 Å². The Hall–Kier alpha value is -3.65. The van der Waals surface area contributed by atoms with Crippen LogP contribution in [-0.4, -0.2) is 27.3 Å². The first-order valence-corrected chi connectivity index (χ1v) is 9.59. The number of nitrogens with zero attached hydrogens (tertiary/aromatic N) is 3. The number of nitrogens with two attached hydrogens (primary N) is 1. The summed E-state index contributed by atoms with van der Waals surface area (Å²) in [6, 6.07) is 13.6. The third kappa shape index (κ3) is 5.03. The molecule has 154 valence electrons. The monoisotopic (exact) mass is 405 g/mol. The number of nitro groups is 1. The maximum absolute atomic E-state index is 12.7. The van der Waals surface area contributed by atoms with E-state index in [1.165, 1.54) is 12.1 Å². The summed E-state index contributed by atoms with van der Waals surface area (Å²) in [7, 11) is 0. The van der Waals surface area contributed by atoms with Crippen LogP contribution in [-0.2, 0) is 23.2 Å². The Morgan fingerprint density at radius 2 is 1.70 bits per heavy atom. The number of amides is 1. The summed E-state index contributed by atoms with van der Waals surface area (Å²) in [4.78, 5) is 31.7. The Morgan fingerprint density at radius 1 is 1.03 bits per heavy atom. The van der Waals surface area contributed by atoms with Gasteiger partial charge in [0.2, 0.25) is 5.91 Å². The Kier molecular flexibility index (Phi) is 6.82. The topological polar surface area (TPSA) is 124 Å². The highest BCUT2D eigenvalue weighted by atomic mass is 16.6. The van der Waals surface area contributed by atoms with Crippen molar-refractivity contribution < 1.29 is 9.72 Å². The smallest absolute Gasteiger partial charge is 0.269 e. The molecule has 0 radical (unpaired) electrons. The van der Waals surface area contributed by atoms with Crippen LogP contribution in [0.25, 0.3) is 0 Å². The summed E-state index contributed by atoms with van der Waals surface area (Å²) < 4.78 is 0. The Labute approximate surface area is 174 Å². The van der Waals surface area contributed by atoms with Gasteiger partial charge in [0.15, 0.2) is 0 Å². The molecule has 2 aromatic heterocycles. The average Bonchev–Trinajstić information content (AvgIpc) is 2.77. The van der Waals surface area contributed by atoms with E-state index < -0.39 is 16.4 Å². The number of primary amides is 1. The second-order valence-electron chi connectivity index (χ2n) is 6.98. The Morgan fingerprint density at radius 3 is 2.27 bits per heavy atom. The fraction of sp³-hybridized carbons (Fsp3) is 0.227. The molecule has 8 heteroatoms. The summed E-state index contributed by atoms with van der Waals surface area (Å²) in [6.07, 6.45) is 8.36. The Balaban J connectivity index is 1.90. The number of aryl methyl sites for hydroxylation is 1. The third-order valence-corrected chi connectivity index (χ3v) is 5.05. The molecule has 1 unspecified atom stereocenters. The summed E-state index contributed by atoms with van der Waals surface area (Å²) in [5.41, 5.74) is 6.95. The number of non-ortho nitro benzene ring substituents is 1.